The molecule has 0 atom stereocenters. The van der Waals surface area contributed by atoms with Crippen molar-refractivity contribution in [3.8, 4) is 11.5 Å². The van der Waals surface area contributed by atoms with Crippen molar-refractivity contribution < 1.29 is 19.1 Å². The maximum absolute atomic E-state index is 11.7. The normalized spacial score (nSPS) is 9.68. The molecule has 0 bridgehead atoms. The molecule has 0 saturated heterocycles. The lowest BCUT2D eigenvalue weighted by Gasteiger charge is -2.07. The van der Waals surface area contributed by atoms with E-state index < -0.39 is 6.16 Å². The van der Waals surface area contributed by atoms with Gasteiger partial charge in [-0.25, -0.2) is 4.79 Å². The van der Waals surface area contributed by atoms with Crippen LogP contribution in [-0.4, -0.2) is 12.1 Å². The van der Waals surface area contributed by atoms with Crippen LogP contribution >= 0.6 is 0 Å². The number of ether oxygens (including phenoxy) is 2. The molecule has 0 heterocycles. The Labute approximate surface area is 128 Å². The molecule has 0 aromatic heterocycles. The first-order valence-electron chi connectivity index (χ1n) is 6.56. The van der Waals surface area contributed by atoms with Gasteiger partial charge in [0.05, 0.1) is 0 Å². The van der Waals surface area contributed by atoms with Crippen molar-refractivity contribution in [3.63, 3.8) is 0 Å². The summed E-state index contributed by atoms with van der Waals surface area (Å²) < 4.78 is 10.1. The number of benzene rings is 2. The van der Waals surface area contributed by atoms with Gasteiger partial charge < -0.3 is 14.8 Å². The third kappa shape index (κ3) is 4.49. The van der Waals surface area contributed by atoms with Crippen LogP contribution in [0.1, 0.15) is 12.5 Å². The van der Waals surface area contributed by atoms with Gasteiger partial charge in [-0.05, 0) is 42.0 Å². The average Bonchev–Trinajstić information content (AvgIpc) is 2.49. The molecule has 5 heteroatoms. The maximum atomic E-state index is 11.7. The third-order valence-corrected chi connectivity index (χ3v) is 2.69. The van der Waals surface area contributed by atoms with Gasteiger partial charge in [0, 0.05) is 12.6 Å². The quantitative estimate of drug-likeness (QED) is 0.687. The Balaban J connectivity index is 1.93. The van der Waals surface area contributed by atoms with Gasteiger partial charge in [0.25, 0.3) is 0 Å². The Morgan fingerprint density at radius 3 is 1.91 bits per heavy atom. The summed E-state index contributed by atoms with van der Waals surface area (Å²) in [5.41, 5.74) is 1.54. The molecule has 0 radical (unpaired) electrons. The zero-order chi connectivity index (χ0) is 15.9. The molecule has 2 rings (SSSR count). The summed E-state index contributed by atoms with van der Waals surface area (Å²) in [4.78, 5) is 22.6. The van der Waals surface area contributed by atoms with Crippen molar-refractivity contribution in [1.29, 1.82) is 0 Å². The molecule has 0 aliphatic heterocycles. The van der Waals surface area contributed by atoms with Gasteiger partial charge in [0.15, 0.2) is 0 Å². The van der Waals surface area contributed by atoms with Crippen LogP contribution in [0.15, 0.2) is 55.1 Å². The standard InChI is InChI=1S/C17H15NO4/c1-3-13-4-8-15(9-5-13)21-17(20)22-16-10-6-14(7-11-16)18-12(2)19/h3-11H,1H2,2H3,(H,18,19). The van der Waals surface area contributed by atoms with E-state index in [1.54, 1.807) is 54.6 Å². The van der Waals surface area contributed by atoms with E-state index in [1.165, 1.54) is 6.92 Å². The topological polar surface area (TPSA) is 64.6 Å². The average molecular weight is 297 g/mol. The first kappa shape index (κ1) is 15.3. The number of hydrogen-bond acceptors (Lipinski definition) is 4. The van der Waals surface area contributed by atoms with Crippen LogP contribution in [0.4, 0.5) is 10.5 Å². The molecule has 0 unspecified atom stereocenters. The van der Waals surface area contributed by atoms with E-state index in [1.807, 2.05) is 0 Å². The summed E-state index contributed by atoms with van der Waals surface area (Å²) in [5.74, 6) is 0.531. The highest BCUT2D eigenvalue weighted by atomic mass is 16.7. The predicted octanol–water partition coefficient (Wildman–Crippen LogP) is 3.87. The molecular formula is C17H15NO4. The third-order valence-electron chi connectivity index (χ3n) is 2.69. The Morgan fingerprint density at radius 2 is 1.45 bits per heavy atom. The Morgan fingerprint density at radius 1 is 0.955 bits per heavy atom. The van der Waals surface area contributed by atoms with E-state index in [2.05, 4.69) is 11.9 Å². The number of carbonyl (C=O) groups excluding carboxylic acids is 2. The molecule has 22 heavy (non-hydrogen) atoms. The van der Waals surface area contributed by atoms with Crippen molar-refractivity contribution in [2.45, 2.75) is 6.92 Å². The molecule has 0 fully saturated rings. The second-order valence-electron chi connectivity index (χ2n) is 4.43. The number of hydrogen-bond donors (Lipinski definition) is 1. The number of nitrogens with one attached hydrogen (secondary N) is 1. The molecule has 0 spiro atoms. The van der Waals surface area contributed by atoms with Gasteiger partial charge in [-0.15, -0.1) is 0 Å². The van der Waals surface area contributed by atoms with Gasteiger partial charge >= 0.3 is 6.16 Å². The highest BCUT2D eigenvalue weighted by molar-refractivity contribution is 5.88. The van der Waals surface area contributed by atoms with E-state index in [4.69, 9.17) is 9.47 Å². The lowest BCUT2D eigenvalue weighted by molar-refractivity contribution is -0.114. The minimum atomic E-state index is -0.835. The monoisotopic (exact) mass is 297 g/mol. The van der Waals surface area contributed by atoms with Crippen LogP contribution < -0.4 is 14.8 Å². The highest BCUT2D eigenvalue weighted by Gasteiger charge is 2.08. The fraction of sp³-hybridized carbons (Fsp3) is 0.0588. The fourth-order valence-electron chi connectivity index (χ4n) is 1.69. The zero-order valence-electron chi connectivity index (χ0n) is 12.0. The van der Waals surface area contributed by atoms with Crippen molar-refractivity contribution in [3.05, 3.63) is 60.7 Å². The summed E-state index contributed by atoms with van der Waals surface area (Å²) in [5, 5.41) is 2.62. The summed E-state index contributed by atoms with van der Waals surface area (Å²) in [6.07, 6.45) is 0.859. The Kier molecular flexibility index (Phi) is 4.93. The van der Waals surface area contributed by atoms with Crippen LogP contribution in [0.3, 0.4) is 0 Å². The van der Waals surface area contributed by atoms with Crippen molar-refractivity contribution in [2.24, 2.45) is 0 Å². The number of rotatable bonds is 4. The smallest absolute Gasteiger partial charge is 0.395 e. The molecule has 2 aromatic carbocycles. The van der Waals surface area contributed by atoms with Crippen LogP contribution in [0, 0.1) is 0 Å². The van der Waals surface area contributed by atoms with Crippen molar-refractivity contribution >= 4 is 23.8 Å². The maximum Gasteiger partial charge on any atom is 0.519 e. The van der Waals surface area contributed by atoms with Crippen molar-refractivity contribution in [2.75, 3.05) is 5.32 Å². The van der Waals surface area contributed by atoms with Gasteiger partial charge in [-0.1, -0.05) is 24.8 Å². The fourth-order valence-corrected chi connectivity index (χ4v) is 1.69. The number of amides is 1. The Hall–Kier alpha value is -3.08. The minimum absolute atomic E-state index is 0.170. The lowest BCUT2D eigenvalue weighted by atomic mass is 10.2. The molecule has 1 N–H and O–H groups in total. The SMILES string of the molecule is C=Cc1ccc(OC(=O)Oc2ccc(NC(C)=O)cc2)cc1. The van der Waals surface area contributed by atoms with Gasteiger partial charge in [0.1, 0.15) is 11.5 Å². The molecule has 0 aliphatic rings. The van der Waals surface area contributed by atoms with Crippen LogP contribution in [0.2, 0.25) is 0 Å². The van der Waals surface area contributed by atoms with Gasteiger partial charge in [-0.2, -0.15) is 0 Å². The van der Waals surface area contributed by atoms with Crippen molar-refractivity contribution in [1.82, 2.24) is 0 Å². The zero-order valence-corrected chi connectivity index (χ0v) is 12.0. The van der Waals surface area contributed by atoms with Crippen LogP contribution in [0.5, 0.6) is 11.5 Å². The summed E-state index contributed by atoms with van der Waals surface area (Å²) in [7, 11) is 0. The molecule has 5 nitrogen and oxygen atoms in total. The predicted molar refractivity (Wildman–Crippen MR) is 83.9 cm³/mol. The lowest BCUT2D eigenvalue weighted by Crippen LogP contribution is -2.13. The number of carbonyl (C=O) groups is 2. The molecule has 2 aromatic rings. The second kappa shape index (κ2) is 7.08. The summed E-state index contributed by atoms with van der Waals surface area (Å²) >= 11 is 0. The van der Waals surface area contributed by atoms with Gasteiger partial charge in [0.2, 0.25) is 5.91 Å². The summed E-state index contributed by atoms with van der Waals surface area (Å²) in [6.45, 7) is 5.06. The van der Waals surface area contributed by atoms with E-state index in [-0.39, 0.29) is 5.91 Å². The largest absolute Gasteiger partial charge is 0.519 e. The minimum Gasteiger partial charge on any atom is -0.395 e. The second-order valence-corrected chi connectivity index (χ2v) is 4.43. The van der Waals surface area contributed by atoms with E-state index in [0.29, 0.717) is 17.2 Å². The molecular weight excluding hydrogens is 282 g/mol. The molecule has 0 aliphatic carbocycles. The van der Waals surface area contributed by atoms with Crippen LogP contribution in [-0.2, 0) is 4.79 Å². The first-order valence-corrected chi connectivity index (χ1v) is 6.56. The van der Waals surface area contributed by atoms with Crippen LogP contribution in [0.25, 0.3) is 6.08 Å². The van der Waals surface area contributed by atoms with Gasteiger partial charge in [-0.3, -0.25) is 4.79 Å². The molecule has 112 valence electrons. The molecule has 0 saturated carbocycles. The first-order chi connectivity index (χ1) is 10.6. The highest BCUT2D eigenvalue weighted by Crippen LogP contribution is 2.18. The van der Waals surface area contributed by atoms with E-state index in [0.717, 1.165) is 5.56 Å². The van der Waals surface area contributed by atoms with E-state index in [9.17, 15) is 9.59 Å². The Bertz CT molecular complexity index is 675. The number of anilines is 1. The van der Waals surface area contributed by atoms with E-state index >= 15 is 0 Å². The summed E-state index contributed by atoms with van der Waals surface area (Å²) in [6, 6.07) is 13.2. The molecule has 1 amide bonds.